The Kier molecular flexibility index (Phi) is 5.47. The number of thiazole rings is 1. The quantitative estimate of drug-likeness (QED) is 0.806. The number of carbonyl (C=O) groups excluding carboxylic acids is 1. The Hall–Kier alpha value is -2.13. The van der Waals surface area contributed by atoms with Gasteiger partial charge in [0.15, 0.2) is 15.0 Å². The highest BCUT2D eigenvalue weighted by Gasteiger charge is 2.29. The normalized spacial score (nSPS) is 18.5. The molecule has 2 heterocycles. The van der Waals surface area contributed by atoms with Crippen molar-refractivity contribution in [2.45, 2.75) is 12.8 Å². The monoisotopic (exact) mass is 396 g/mol. The van der Waals surface area contributed by atoms with Gasteiger partial charge in [0.2, 0.25) is 5.91 Å². The first kappa shape index (κ1) is 18.7. The summed E-state index contributed by atoms with van der Waals surface area (Å²) in [6.45, 7) is 0. The number of methoxy groups -OCH3 is 2. The van der Waals surface area contributed by atoms with Crippen LogP contribution >= 0.6 is 11.3 Å². The smallest absolute Gasteiger partial charge is 0.226 e. The number of anilines is 1. The van der Waals surface area contributed by atoms with Crippen molar-refractivity contribution >= 4 is 32.2 Å². The number of hydrogen-bond acceptors (Lipinski definition) is 7. The number of amides is 1. The van der Waals surface area contributed by atoms with Crippen molar-refractivity contribution in [2.75, 3.05) is 31.0 Å². The first-order valence-corrected chi connectivity index (χ1v) is 10.8. The van der Waals surface area contributed by atoms with Crippen LogP contribution in [0.1, 0.15) is 12.8 Å². The molecular weight excluding hydrogens is 376 g/mol. The van der Waals surface area contributed by atoms with Crippen molar-refractivity contribution in [2.24, 2.45) is 5.92 Å². The third kappa shape index (κ3) is 4.34. The van der Waals surface area contributed by atoms with Crippen LogP contribution in [0.3, 0.4) is 0 Å². The van der Waals surface area contributed by atoms with E-state index in [4.69, 9.17) is 9.47 Å². The van der Waals surface area contributed by atoms with Gasteiger partial charge in [0.25, 0.3) is 0 Å². The van der Waals surface area contributed by atoms with Gasteiger partial charge in [-0.3, -0.25) is 4.79 Å². The van der Waals surface area contributed by atoms with Crippen LogP contribution in [-0.4, -0.2) is 45.0 Å². The van der Waals surface area contributed by atoms with Gasteiger partial charge in [-0.2, -0.15) is 0 Å². The molecule has 0 aliphatic carbocycles. The van der Waals surface area contributed by atoms with E-state index in [0.29, 0.717) is 28.7 Å². The lowest BCUT2D eigenvalue weighted by Gasteiger charge is -2.08. The van der Waals surface area contributed by atoms with Gasteiger partial charge in [0, 0.05) is 17.4 Å². The van der Waals surface area contributed by atoms with Crippen LogP contribution in [0, 0.1) is 5.92 Å². The molecule has 1 N–H and O–H groups in total. The van der Waals surface area contributed by atoms with E-state index in [1.807, 2.05) is 11.4 Å². The number of carbonyl (C=O) groups is 1. The molecule has 1 atom stereocenters. The van der Waals surface area contributed by atoms with E-state index < -0.39 is 9.84 Å². The standard InChI is InChI=1S/C17H20N2O5S2/c1-23-12-3-4-15(24-2)13(8-12)14-9-25-17(18-14)19-16(20)7-11-5-6-26(21,22)10-11/h3-4,8-9,11H,5-7,10H2,1-2H3,(H,18,19,20)/t11-/m1/s1. The van der Waals surface area contributed by atoms with Crippen molar-refractivity contribution in [3.63, 3.8) is 0 Å². The molecule has 0 radical (unpaired) electrons. The van der Waals surface area contributed by atoms with Gasteiger partial charge in [-0.05, 0) is 30.5 Å². The first-order valence-electron chi connectivity index (χ1n) is 8.08. The molecule has 1 fully saturated rings. The molecule has 0 unspecified atom stereocenters. The zero-order valence-corrected chi connectivity index (χ0v) is 16.2. The zero-order valence-electron chi connectivity index (χ0n) is 14.5. The lowest BCUT2D eigenvalue weighted by Crippen LogP contribution is -2.17. The number of nitrogens with zero attached hydrogens (tertiary/aromatic N) is 1. The molecule has 0 spiro atoms. The number of benzene rings is 1. The molecule has 1 aliphatic rings. The van der Waals surface area contributed by atoms with Gasteiger partial charge in [-0.15, -0.1) is 11.3 Å². The van der Waals surface area contributed by atoms with Gasteiger partial charge in [0.1, 0.15) is 11.5 Å². The van der Waals surface area contributed by atoms with Gasteiger partial charge in [-0.1, -0.05) is 0 Å². The molecule has 1 aromatic heterocycles. The highest BCUT2D eigenvalue weighted by Crippen LogP contribution is 2.35. The number of hydrogen-bond donors (Lipinski definition) is 1. The van der Waals surface area contributed by atoms with Crippen LogP contribution < -0.4 is 14.8 Å². The number of rotatable bonds is 6. The molecule has 0 saturated carbocycles. The van der Waals surface area contributed by atoms with E-state index in [1.54, 1.807) is 26.4 Å². The summed E-state index contributed by atoms with van der Waals surface area (Å²) in [4.78, 5) is 16.6. The van der Waals surface area contributed by atoms with Crippen LogP contribution in [0.4, 0.5) is 5.13 Å². The molecule has 0 bridgehead atoms. The van der Waals surface area contributed by atoms with Crippen molar-refractivity contribution in [1.29, 1.82) is 0 Å². The minimum atomic E-state index is -2.98. The number of sulfone groups is 1. The Bertz CT molecular complexity index is 908. The van der Waals surface area contributed by atoms with Gasteiger partial charge < -0.3 is 14.8 Å². The van der Waals surface area contributed by atoms with Crippen molar-refractivity contribution in [3.8, 4) is 22.8 Å². The largest absolute Gasteiger partial charge is 0.497 e. The van der Waals surface area contributed by atoms with Crippen LogP contribution in [0.25, 0.3) is 11.3 Å². The van der Waals surface area contributed by atoms with Crippen LogP contribution in [0.5, 0.6) is 11.5 Å². The molecule has 1 aliphatic heterocycles. The van der Waals surface area contributed by atoms with E-state index in [0.717, 1.165) is 5.56 Å². The van der Waals surface area contributed by atoms with E-state index >= 15 is 0 Å². The fourth-order valence-electron chi connectivity index (χ4n) is 2.93. The number of ether oxygens (including phenoxy) is 2. The fraction of sp³-hybridized carbons (Fsp3) is 0.412. The van der Waals surface area contributed by atoms with Crippen LogP contribution in [-0.2, 0) is 14.6 Å². The Morgan fingerprint density at radius 1 is 1.35 bits per heavy atom. The maximum Gasteiger partial charge on any atom is 0.226 e. The highest BCUT2D eigenvalue weighted by atomic mass is 32.2. The highest BCUT2D eigenvalue weighted by molar-refractivity contribution is 7.91. The molecular formula is C17H20N2O5S2. The van der Waals surface area contributed by atoms with E-state index in [-0.39, 0.29) is 29.8 Å². The van der Waals surface area contributed by atoms with Gasteiger partial charge in [-0.25, -0.2) is 13.4 Å². The molecule has 1 aromatic carbocycles. The number of nitrogens with one attached hydrogen (secondary N) is 1. The van der Waals surface area contributed by atoms with Gasteiger partial charge in [0.05, 0.1) is 31.4 Å². The predicted octanol–water partition coefficient (Wildman–Crippen LogP) is 2.59. The van der Waals surface area contributed by atoms with Gasteiger partial charge >= 0.3 is 0 Å². The summed E-state index contributed by atoms with van der Waals surface area (Å²) in [7, 11) is 0.185. The van der Waals surface area contributed by atoms with E-state index in [2.05, 4.69) is 10.3 Å². The second-order valence-corrected chi connectivity index (χ2v) is 9.21. The number of aromatic nitrogens is 1. The third-order valence-corrected chi connectivity index (χ3v) is 6.83. The Morgan fingerprint density at radius 2 is 2.15 bits per heavy atom. The Morgan fingerprint density at radius 3 is 2.81 bits per heavy atom. The molecule has 1 amide bonds. The lowest BCUT2D eigenvalue weighted by molar-refractivity contribution is -0.116. The summed E-state index contributed by atoms with van der Waals surface area (Å²) in [6.07, 6.45) is 0.733. The molecule has 3 rings (SSSR count). The summed E-state index contributed by atoms with van der Waals surface area (Å²) in [5.74, 6) is 1.27. The molecule has 7 nitrogen and oxygen atoms in total. The molecule has 2 aromatic rings. The second kappa shape index (κ2) is 7.63. The minimum absolute atomic E-state index is 0.0878. The molecule has 1 saturated heterocycles. The van der Waals surface area contributed by atoms with Crippen LogP contribution in [0.15, 0.2) is 23.6 Å². The Balaban J connectivity index is 1.69. The van der Waals surface area contributed by atoms with Crippen molar-refractivity contribution < 1.29 is 22.7 Å². The summed E-state index contributed by atoms with van der Waals surface area (Å²) in [5.41, 5.74) is 1.44. The SMILES string of the molecule is COc1ccc(OC)c(-c2csc(NC(=O)C[C@H]3CCS(=O)(=O)C3)n2)c1. The summed E-state index contributed by atoms with van der Waals surface area (Å²) >= 11 is 1.31. The summed E-state index contributed by atoms with van der Waals surface area (Å²) < 4.78 is 33.6. The topological polar surface area (TPSA) is 94.6 Å². The van der Waals surface area contributed by atoms with Crippen molar-refractivity contribution in [3.05, 3.63) is 23.6 Å². The third-order valence-electron chi connectivity index (χ3n) is 4.23. The molecule has 9 heteroatoms. The zero-order chi connectivity index (χ0) is 18.7. The van der Waals surface area contributed by atoms with Crippen LogP contribution in [0.2, 0.25) is 0 Å². The maximum atomic E-state index is 12.2. The maximum absolute atomic E-state index is 12.2. The summed E-state index contributed by atoms with van der Waals surface area (Å²) in [5, 5.41) is 5.05. The molecule has 140 valence electrons. The molecule has 26 heavy (non-hydrogen) atoms. The minimum Gasteiger partial charge on any atom is -0.497 e. The average molecular weight is 396 g/mol. The first-order chi connectivity index (χ1) is 12.4. The van der Waals surface area contributed by atoms with E-state index in [1.165, 1.54) is 11.3 Å². The second-order valence-electron chi connectivity index (χ2n) is 6.13. The van der Waals surface area contributed by atoms with E-state index in [9.17, 15) is 13.2 Å². The fourth-order valence-corrected chi connectivity index (χ4v) is 5.52. The average Bonchev–Trinajstić information content (AvgIpc) is 3.20. The lowest BCUT2D eigenvalue weighted by atomic mass is 10.1. The van der Waals surface area contributed by atoms with Crippen molar-refractivity contribution in [1.82, 2.24) is 4.98 Å². The summed E-state index contributed by atoms with van der Waals surface area (Å²) in [6, 6.07) is 5.42. The predicted molar refractivity (Wildman–Crippen MR) is 101 cm³/mol. The Labute approximate surface area is 156 Å².